The number of carbonyl (C=O) groups is 1. The first-order valence-corrected chi connectivity index (χ1v) is 14.3. The molecule has 8 nitrogen and oxygen atoms in total. The predicted octanol–water partition coefficient (Wildman–Crippen LogP) is 4.03. The summed E-state index contributed by atoms with van der Waals surface area (Å²) in [6, 6.07) is 6.49. The van der Waals surface area contributed by atoms with Crippen LogP contribution >= 0.6 is 11.3 Å². The van der Waals surface area contributed by atoms with Gasteiger partial charge < -0.3 is 10.1 Å². The summed E-state index contributed by atoms with van der Waals surface area (Å²) in [4.78, 5) is 15.9. The van der Waals surface area contributed by atoms with Crippen LogP contribution in [0.5, 0.6) is 5.75 Å². The van der Waals surface area contributed by atoms with Crippen molar-refractivity contribution in [3.05, 3.63) is 39.8 Å². The summed E-state index contributed by atoms with van der Waals surface area (Å²) in [6.07, 6.45) is 0.372. The van der Waals surface area contributed by atoms with E-state index in [1.807, 2.05) is 0 Å². The molecule has 1 aliphatic heterocycles. The molecule has 200 valence electrons. The standard InChI is InChI=1S/C25H30F2N4O4S2/c1-4-35-19-7-15(5-6-21(19)37(29,33)34)8-22(32)30-23-17(12-28)18-14-31(13-16-9-25(26,27)10-16)24(2,3)11-20(18)36-23/h5-7,16H,4,8-11,13-14H2,1-3H3,(H,30,32)(H2,29,33,34). The van der Waals surface area contributed by atoms with E-state index >= 15 is 0 Å². The minimum Gasteiger partial charge on any atom is -0.492 e. The number of sulfonamides is 1. The Kier molecular flexibility index (Phi) is 7.38. The Hall–Kier alpha value is -2.59. The van der Waals surface area contributed by atoms with Crippen LogP contribution < -0.4 is 15.2 Å². The number of alkyl halides is 2. The maximum atomic E-state index is 13.4. The van der Waals surface area contributed by atoms with Gasteiger partial charge in [0.2, 0.25) is 21.9 Å². The first-order chi connectivity index (χ1) is 17.2. The Morgan fingerprint density at radius 2 is 2.05 bits per heavy atom. The Bertz CT molecular complexity index is 1360. The molecule has 1 saturated carbocycles. The number of nitrogens with zero attached hydrogens (tertiary/aromatic N) is 2. The van der Waals surface area contributed by atoms with E-state index in [1.54, 1.807) is 6.92 Å². The molecule has 1 aliphatic carbocycles. The third-order valence-electron chi connectivity index (χ3n) is 6.89. The van der Waals surface area contributed by atoms with Gasteiger partial charge in [0.1, 0.15) is 21.7 Å². The lowest BCUT2D eigenvalue weighted by molar-refractivity contribution is -0.122. The van der Waals surface area contributed by atoms with Crippen molar-refractivity contribution in [3.8, 4) is 11.8 Å². The van der Waals surface area contributed by atoms with E-state index in [9.17, 15) is 27.3 Å². The van der Waals surface area contributed by atoms with Crippen LogP contribution in [0.15, 0.2) is 23.1 Å². The van der Waals surface area contributed by atoms with Gasteiger partial charge in [-0.3, -0.25) is 9.69 Å². The normalized spacial score (nSPS) is 18.9. The fourth-order valence-corrected chi connectivity index (χ4v) is 7.05. The van der Waals surface area contributed by atoms with Crippen molar-refractivity contribution in [1.29, 1.82) is 5.26 Å². The molecular weight excluding hydrogens is 522 g/mol. The van der Waals surface area contributed by atoms with Crippen molar-refractivity contribution in [2.75, 3.05) is 18.5 Å². The number of amides is 1. The lowest BCUT2D eigenvalue weighted by atomic mass is 9.79. The van der Waals surface area contributed by atoms with Crippen molar-refractivity contribution in [3.63, 3.8) is 0 Å². The maximum Gasteiger partial charge on any atom is 0.248 e. The van der Waals surface area contributed by atoms with Gasteiger partial charge in [-0.05, 0) is 44.4 Å². The number of nitrogens with two attached hydrogens (primary N) is 1. The number of fused-ring (bicyclic) bond motifs is 1. The second-order valence-electron chi connectivity index (χ2n) is 10.3. The number of hydrogen-bond acceptors (Lipinski definition) is 7. The van der Waals surface area contributed by atoms with Crippen LogP contribution in [-0.4, -0.2) is 43.8 Å². The fourth-order valence-electron chi connectivity index (χ4n) is 5.00. The average molecular weight is 553 g/mol. The number of carbonyl (C=O) groups excluding carboxylic acids is 1. The third-order valence-corrected chi connectivity index (χ3v) is 8.98. The van der Waals surface area contributed by atoms with E-state index in [1.165, 1.54) is 29.5 Å². The zero-order chi connectivity index (χ0) is 27.2. The Labute approximate surface area is 219 Å². The summed E-state index contributed by atoms with van der Waals surface area (Å²) >= 11 is 1.36. The number of thiophene rings is 1. The van der Waals surface area contributed by atoms with E-state index in [0.717, 1.165) is 10.4 Å². The highest BCUT2D eigenvalue weighted by molar-refractivity contribution is 7.89. The number of hydrogen-bond donors (Lipinski definition) is 2. The molecule has 0 saturated heterocycles. The zero-order valence-corrected chi connectivity index (χ0v) is 22.6. The molecule has 2 heterocycles. The van der Waals surface area contributed by atoms with Gasteiger partial charge in [-0.15, -0.1) is 11.3 Å². The fraction of sp³-hybridized carbons (Fsp3) is 0.520. The molecule has 2 aromatic rings. The number of primary sulfonamides is 1. The lowest BCUT2D eigenvalue weighted by Crippen LogP contribution is -2.52. The predicted molar refractivity (Wildman–Crippen MR) is 136 cm³/mol. The van der Waals surface area contributed by atoms with Crippen LogP contribution in [0.2, 0.25) is 0 Å². The summed E-state index contributed by atoms with van der Waals surface area (Å²) in [5.41, 5.74) is 1.49. The Morgan fingerprint density at radius 3 is 2.65 bits per heavy atom. The molecule has 4 rings (SSSR count). The number of rotatable bonds is 8. The molecule has 1 amide bonds. The molecule has 37 heavy (non-hydrogen) atoms. The summed E-state index contributed by atoms with van der Waals surface area (Å²) in [6.45, 7) is 7.07. The van der Waals surface area contributed by atoms with E-state index in [2.05, 4.69) is 30.1 Å². The molecule has 3 N–H and O–H groups in total. The van der Waals surface area contributed by atoms with Gasteiger partial charge in [0.05, 0.1) is 18.6 Å². The van der Waals surface area contributed by atoms with Crippen molar-refractivity contribution >= 4 is 32.3 Å². The smallest absolute Gasteiger partial charge is 0.248 e. The molecular formula is C25H30F2N4O4S2. The topological polar surface area (TPSA) is 126 Å². The molecule has 0 unspecified atom stereocenters. The molecule has 0 spiro atoms. The molecule has 0 atom stereocenters. The second kappa shape index (κ2) is 9.94. The highest BCUT2D eigenvalue weighted by Crippen LogP contribution is 2.46. The summed E-state index contributed by atoms with van der Waals surface area (Å²) in [7, 11) is -3.99. The second-order valence-corrected chi connectivity index (χ2v) is 12.9. The molecule has 1 aromatic carbocycles. The van der Waals surface area contributed by atoms with Crippen molar-refractivity contribution in [2.24, 2.45) is 11.1 Å². The van der Waals surface area contributed by atoms with Crippen LogP contribution in [0.3, 0.4) is 0 Å². The monoisotopic (exact) mass is 552 g/mol. The zero-order valence-electron chi connectivity index (χ0n) is 20.9. The Balaban J connectivity index is 1.50. The molecule has 1 aromatic heterocycles. The van der Waals surface area contributed by atoms with E-state index in [4.69, 9.17) is 9.88 Å². The van der Waals surface area contributed by atoms with Crippen molar-refractivity contribution in [1.82, 2.24) is 4.90 Å². The molecule has 0 radical (unpaired) electrons. The number of benzene rings is 1. The van der Waals surface area contributed by atoms with Gasteiger partial charge in [0.15, 0.2) is 0 Å². The van der Waals surface area contributed by atoms with Gasteiger partial charge >= 0.3 is 0 Å². The van der Waals surface area contributed by atoms with Crippen molar-refractivity contribution < 1.29 is 26.7 Å². The van der Waals surface area contributed by atoms with Crippen molar-refractivity contribution in [2.45, 2.75) is 69.4 Å². The minimum atomic E-state index is -3.99. The molecule has 12 heteroatoms. The van der Waals surface area contributed by atoms with Gasteiger partial charge in [0, 0.05) is 48.3 Å². The molecule has 2 aliphatic rings. The first kappa shape index (κ1) is 27.4. The summed E-state index contributed by atoms with van der Waals surface area (Å²) < 4.78 is 55.7. The number of halogens is 2. The van der Waals surface area contributed by atoms with Gasteiger partial charge in [0.25, 0.3) is 0 Å². The maximum absolute atomic E-state index is 13.4. The first-order valence-electron chi connectivity index (χ1n) is 12.0. The van der Waals surface area contributed by atoms with Gasteiger partial charge in [-0.1, -0.05) is 6.07 Å². The van der Waals surface area contributed by atoms with E-state index < -0.39 is 15.9 Å². The SMILES string of the molecule is CCOc1cc(CC(=O)Nc2sc3c(c2C#N)CN(CC2CC(F)(F)C2)C(C)(C)C3)ccc1S(N)(=O)=O. The average Bonchev–Trinajstić information content (AvgIpc) is 3.06. The number of nitrogens with one attached hydrogen (secondary N) is 1. The highest BCUT2D eigenvalue weighted by Gasteiger charge is 2.47. The van der Waals surface area contributed by atoms with Crippen LogP contribution in [0.1, 0.15) is 55.2 Å². The molecule has 0 bridgehead atoms. The highest BCUT2D eigenvalue weighted by atomic mass is 32.2. The van der Waals surface area contributed by atoms with Crippen LogP contribution in [0.4, 0.5) is 13.8 Å². The van der Waals surface area contributed by atoms with Crippen LogP contribution in [-0.2, 0) is 34.2 Å². The van der Waals surface area contributed by atoms with Gasteiger partial charge in [-0.2, -0.15) is 5.26 Å². The number of nitriles is 1. The van der Waals surface area contributed by atoms with Gasteiger partial charge in [-0.25, -0.2) is 22.3 Å². The number of anilines is 1. The van der Waals surface area contributed by atoms with E-state index in [0.29, 0.717) is 35.6 Å². The van der Waals surface area contributed by atoms with Crippen LogP contribution in [0.25, 0.3) is 0 Å². The Morgan fingerprint density at radius 1 is 1.35 bits per heavy atom. The van der Waals surface area contributed by atoms with Crippen LogP contribution in [0, 0.1) is 17.2 Å². The largest absolute Gasteiger partial charge is 0.492 e. The lowest BCUT2D eigenvalue weighted by Gasteiger charge is -2.46. The third kappa shape index (κ3) is 5.95. The summed E-state index contributed by atoms with van der Waals surface area (Å²) in [5.74, 6) is -2.93. The summed E-state index contributed by atoms with van der Waals surface area (Å²) in [5, 5.41) is 18.4. The minimum absolute atomic E-state index is 0.0636. The van der Waals surface area contributed by atoms with E-state index in [-0.39, 0.29) is 53.9 Å². The quantitative estimate of drug-likeness (QED) is 0.509. The number of ether oxygens (including phenoxy) is 1. The molecule has 1 fully saturated rings.